The predicted octanol–water partition coefficient (Wildman–Crippen LogP) is 3.27. The Morgan fingerprint density at radius 1 is 1.06 bits per heavy atom. The van der Waals surface area contributed by atoms with E-state index in [0.717, 1.165) is 32.1 Å². The van der Waals surface area contributed by atoms with Crippen molar-refractivity contribution in [3.63, 3.8) is 0 Å². The molecule has 0 saturated carbocycles. The molecule has 0 amide bonds. The third-order valence-electron chi connectivity index (χ3n) is 2.98. The van der Waals surface area contributed by atoms with Crippen LogP contribution in [-0.2, 0) is 9.59 Å². The molecule has 3 heteroatoms. The molecule has 16 heavy (non-hydrogen) atoms. The number of carboxylic acids is 1. The smallest absolute Gasteiger partial charge is 0.306 e. The lowest BCUT2D eigenvalue weighted by Gasteiger charge is -2.11. The molecule has 0 aromatic carbocycles. The first-order valence-electron chi connectivity index (χ1n) is 6.15. The summed E-state index contributed by atoms with van der Waals surface area (Å²) in [5.74, 6) is -0.0827. The molecule has 1 N–H and O–H groups in total. The number of rotatable bonds is 9. The second-order valence-corrected chi connectivity index (χ2v) is 4.87. The molecule has 0 aromatic heterocycles. The van der Waals surface area contributed by atoms with E-state index in [4.69, 9.17) is 5.11 Å². The normalized spacial score (nSPS) is 14.4. The summed E-state index contributed by atoms with van der Waals surface area (Å²) >= 11 is 0. The first kappa shape index (κ1) is 15.1. The van der Waals surface area contributed by atoms with E-state index in [1.165, 1.54) is 0 Å². The van der Waals surface area contributed by atoms with E-state index >= 15 is 0 Å². The number of ketones is 1. The Balaban J connectivity index is 3.47. The summed E-state index contributed by atoms with van der Waals surface area (Å²) in [6.07, 6.45) is 5.50. The predicted molar refractivity (Wildman–Crippen MR) is 64.3 cm³/mol. The first-order valence-corrected chi connectivity index (χ1v) is 6.15. The molecule has 0 bridgehead atoms. The Morgan fingerprint density at radius 3 is 2.12 bits per heavy atom. The number of carboxylic acid groups (broad SMARTS) is 1. The topological polar surface area (TPSA) is 54.4 Å². The van der Waals surface area contributed by atoms with Gasteiger partial charge < -0.3 is 9.90 Å². The van der Waals surface area contributed by atoms with Crippen LogP contribution in [-0.4, -0.2) is 16.9 Å². The van der Waals surface area contributed by atoms with Crippen LogP contribution in [0.5, 0.6) is 0 Å². The second-order valence-electron chi connectivity index (χ2n) is 4.87. The minimum Gasteiger partial charge on any atom is -0.481 e. The average Bonchev–Trinajstić information content (AvgIpc) is 2.16. The Kier molecular flexibility index (Phi) is 7.86. The summed E-state index contributed by atoms with van der Waals surface area (Å²) < 4.78 is 0. The molecule has 0 rings (SSSR count). The molecule has 0 radical (unpaired) electrons. The van der Waals surface area contributed by atoms with E-state index in [1.54, 1.807) is 13.8 Å². The van der Waals surface area contributed by atoms with Crippen LogP contribution in [0.1, 0.15) is 59.3 Å². The van der Waals surface area contributed by atoms with E-state index in [2.05, 4.69) is 6.92 Å². The van der Waals surface area contributed by atoms with Crippen LogP contribution in [0.25, 0.3) is 0 Å². The van der Waals surface area contributed by atoms with Gasteiger partial charge in [-0.05, 0) is 25.7 Å². The van der Waals surface area contributed by atoms with Crippen molar-refractivity contribution in [2.45, 2.75) is 59.3 Å². The summed E-state index contributed by atoms with van der Waals surface area (Å²) in [7, 11) is 0. The molecule has 0 aliphatic carbocycles. The number of Topliss-reactive ketones (excluding diaryl/α,β-unsaturated/α-hetero) is 1. The SMILES string of the molecule is CC(=O)CCCC(C)CCCC(C)C(=O)O. The number of hydrogen-bond acceptors (Lipinski definition) is 2. The van der Waals surface area contributed by atoms with Gasteiger partial charge in [0.15, 0.2) is 0 Å². The summed E-state index contributed by atoms with van der Waals surface area (Å²) in [5.41, 5.74) is 0. The zero-order chi connectivity index (χ0) is 12.6. The first-order chi connectivity index (χ1) is 7.43. The zero-order valence-electron chi connectivity index (χ0n) is 10.7. The van der Waals surface area contributed by atoms with Crippen molar-refractivity contribution in [2.24, 2.45) is 11.8 Å². The number of carbonyl (C=O) groups is 2. The van der Waals surface area contributed by atoms with Crippen LogP contribution in [0.3, 0.4) is 0 Å². The summed E-state index contributed by atoms with van der Waals surface area (Å²) in [5, 5.41) is 8.71. The molecule has 3 nitrogen and oxygen atoms in total. The lowest BCUT2D eigenvalue weighted by molar-refractivity contribution is -0.141. The minimum atomic E-state index is -0.704. The molecule has 0 aliphatic rings. The molecule has 0 spiro atoms. The van der Waals surface area contributed by atoms with Gasteiger partial charge in [-0.25, -0.2) is 0 Å². The standard InChI is InChI=1S/C13H24O3/c1-10(7-5-9-12(3)14)6-4-8-11(2)13(15)16/h10-11H,4-9H2,1-3H3,(H,15,16). The minimum absolute atomic E-state index is 0.232. The van der Waals surface area contributed by atoms with E-state index in [9.17, 15) is 9.59 Å². The Labute approximate surface area is 98.2 Å². The third-order valence-corrected chi connectivity index (χ3v) is 2.98. The van der Waals surface area contributed by atoms with Gasteiger partial charge in [-0.1, -0.05) is 33.1 Å². The van der Waals surface area contributed by atoms with E-state index in [1.807, 2.05) is 0 Å². The van der Waals surface area contributed by atoms with Gasteiger partial charge in [0.25, 0.3) is 0 Å². The van der Waals surface area contributed by atoms with Crippen LogP contribution in [0.15, 0.2) is 0 Å². The van der Waals surface area contributed by atoms with Gasteiger partial charge >= 0.3 is 5.97 Å². The Bertz CT molecular complexity index is 223. The van der Waals surface area contributed by atoms with Gasteiger partial charge in [0.2, 0.25) is 0 Å². The lowest BCUT2D eigenvalue weighted by atomic mass is 9.94. The van der Waals surface area contributed by atoms with Crippen LogP contribution < -0.4 is 0 Å². The maximum Gasteiger partial charge on any atom is 0.306 e. The average molecular weight is 228 g/mol. The molecule has 2 unspecified atom stereocenters. The summed E-state index contributed by atoms with van der Waals surface area (Å²) in [6.45, 7) is 5.55. The zero-order valence-corrected chi connectivity index (χ0v) is 10.7. The second kappa shape index (κ2) is 8.31. The van der Waals surface area contributed by atoms with Crippen molar-refractivity contribution >= 4 is 11.8 Å². The van der Waals surface area contributed by atoms with Crippen LogP contribution in [0, 0.1) is 11.8 Å². The van der Waals surface area contributed by atoms with Crippen LogP contribution in [0.2, 0.25) is 0 Å². The number of carbonyl (C=O) groups excluding carboxylic acids is 1. The highest BCUT2D eigenvalue weighted by molar-refractivity contribution is 5.75. The van der Waals surface area contributed by atoms with Crippen molar-refractivity contribution in [3.05, 3.63) is 0 Å². The lowest BCUT2D eigenvalue weighted by Crippen LogP contribution is -2.09. The van der Waals surface area contributed by atoms with Gasteiger partial charge in [0.1, 0.15) is 5.78 Å². The van der Waals surface area contributed by atoms with Crippen molar-refractivity contribution in [1.29, 1.82) is 0 Å². The van der Waals surface area contributed by atoms with Crippen LogP contribution >= 0.6 is 0 Å². The molecule has 0 aromatic rings. The molecule has 0 aliphatic heterocycles. The molecular weight excluding hydrogens is 204 g/mol. The van der Waals surface area contributed by atoms with Crippen LogP contribution in [0.4, 0.5) is 0 Å². The molecule has 0 saturated heterocycles. The van der Waals surface area contributed by atoms with Gasteiger partial charge in [-0.2, -0.15) is 0 Å². The van der Waals surface area contributed by atoms with E-state index in [-0.39, 0.29) is 11.7 Å². The molecule has 94 valence electrons. The quantitative estimate of drug-likeness (QED) is 0.659. The largest absolute Gasteiger partial charge is 0.481 e. The highest BCUT2D eigenvalue weighted by atomic mass is 16.4. The fourth-order valence-electron chi connectivity index (χ4n) is 1.74. The fraction of sp³-hybridized carbons (Fsp3) is 0.846. The summed E-state index contributed by atoms with van der Waals surface area (Å²) in [6, 6.07) is 0. The molecule has 0 heterocycles. The van der Waals surface area contributed by atoms with Gasteiger partial charge in [-0.3, -0.25) is 4.79 Å². The van der Waals surface area contributed by atoms with E-state index in [0.29, 0.717) is 12.3 Å². The van der Waals surface area contributed by atoms with Crippen molar-refractivity contribution < 1.29 is 14.7 Å². The van der Waals surface area contributed by atoms with Gasteiger partial charge in [0.05, 0.1) is 5.92 Å². The molecule has 0 fully saturated rings. The molecular formula is C13H24O3. The summed E-state index contributed by atoms with van der Waals surface area (Å²) in [4.78, 5) is 21.3. The maximum absolute atomic E-state index is 10.7. The van der Waals surface area contributed by atoms with Gasteiger partial charge in [0, 0.05) is 6.42 Å². The van der Waals surface area contributed by atoms with E-state index < -0.39 is 5.97 Å². The monoisotopic (exact) mass is 228 g/mol. The van der Waals surface area contributed by atoms with Gasteiger partial charge in [-0.15, -0.1) is 0 Å². The number of hydrogen-bond donors (Lipinski definition) is 1. The van der Waals surface area contributed by atoms with Crippen molar-refractivity contribution in [3.8, 4) is 0 Å². The van der Waals surface area contributed by atoms with Crippen molar-refractivity contribution in [1.82, 2.24) is 0 Å². The highest BCUT2D eigenvalue weighted by Gasteiger charge is 2.11. The highest BCUT2D eigenvalue weighted by Crippen LogP contribution is 2.17. The third kappa shape index (κ3) is 8.45. The fourth-order valence-corrected chi connectivity index (χ4v) is 1.74. The maximum atomic E-state index is 10.7. The Hall–Kier alpha value is -0.860. The molecule has 2 atom stereocenters. The number of aliphatic carboxylic acids is 1. The Morgan fingerprint density at radius 2 is 1.62 bits per heavy atom. The van der Waals surface area contributed by atoms with Crippen molar-refractivity contribution in [2.75, 3.05) is 0 Å².